The van der Waals surface area contributed by atoms with Crippen LogP contribution in [0.3, 0.4) is 0 Å². The maximum absolute atomic E-state index is 12.9. The minimum Gasteiger partial charge on any atom is -0.350 e. The summed E-state index contributed by atoms with van der Waals surface area (Å²) < 4.78 is 0. The van der Waals surface area contributed by atoms with Gasteiger partial charge in [0.25, 0.3) is 5.91 Å². The Kier molecular flexibility index (Phi) is 4.75. The van der Waals surface area contributed by atoms with Crippen molar-refractivity contribution in [3.63, 3.8) is 0 Å². The molecule has 3 aliphatic heterocycles. The summed E-state index contributed by atoms with van der Waals surface area (Å²) in [6.45, 7) is 10.9. The van der Waals surface area contributed by atoms with Gasteiger partial charge >= 0.3 is 0 Å². The highest BCUT2D eigenvalue weighted by molar-refractivity contribution is 5.94. The summed E-state index contributed by atoms with van der Waals surface area (Å²) in [5, 5.41) is 3.35. The summed E-state index contributed by atoms with van der Waals surface area (Å²) in [6, 6.07) is 7.81. The molecular formula is C22H31N3O2. The molecule has 3 fully saturated rings. The summed E-state index contributed by atoms with van der Waals surface area (Å²) in [6.07, 6.45) is 1.74. The summed E-state index contributed by atoms with van der Waals surface area (Å²) in [7, 11) is 0. The Bertz CT molecular complexity index is 737. The smallest absolute Gasteiger partial charge is 0.253 e. The Morgan fingerprint density at radius 2 is 2.00 bits per heavy atom. The molecule has 1 aromatic rings. The van der Waals surface area contributed by atoms with Crippen molar-refractivity contribution in [2.75, 3.05) is 32.7 Å². The van der Waals surface area contributed by atoms with Gasteiger partial charge in [0, 0.05) is 49.7 Å². The molecule has 2 amide bonds. The Labute approximate surface area is 162 Å². The van der Waals surface area contributed by atoms with Gasteiger partial charge in [0.2, 0.25) is 5.91 Å². The molecular weight excluding hydrogens is 338 g/mol. The molecule has 0 aliphatic carbocycles. The second kappa shape index (κ2) is 6.93. The third kappa shape index (κ3) is 3.38. The SMILES string of the molecule is Cc1cccc(C(=O)N2CCC3(CC2)NC(=O)[C@@H]2CN(CC(C)C)C[C@@H]23)c1. The summed E-state index contributed by atoms with van der Waals surface area (Å²) in [5.41, 5.74) is 1.76. The number of hydrogen-bond donors (Lipinski definition) is 1. The molecule has 1 aromatic carbocycles. The van der Waals surface area contributed by atoms with E-state index in [0.29, 0.717) is 11.8 Å². The Balaban J connectivity index is 1.44. The third-order valence-corrected chi connectivity index (χ3v) is 6.65. The van der Waals surface area contributed by atoms with Crippen LogP contribution in [0.1, 0.15) is 42.6 Å². The molecule has 27 heavy (non-hydrogen) atoms. The van der Waals surface area contributed by atoms with Crippen molar-refractivity contribution in [2.45, 2.75) is 39.2 Å². The van der Waals surface area contributed by atoms with Crippen LogP contribution < -0.4 is 5.32 Å². The van der Waals surface area contributed by atoms with Gasteiger partial charge in [0.1, 0.15) is 0 Å². The quantitative estimate of drug-likeness (QED) is 0.890. The standard InChI is InChI=1S/C22H31N3O2/c1-15(2)12-24-13-18-19(14-24)22(23-20(18)26)7-9-25(10-8-22)21(27)17-6-4-5-16(3)11-17/h4-6,11,15,18-19H,7-10,12-14H2,1-3H3,(H,23,26)/t18-,19+/m1/s1. The molecule has 0 aromatic heterocycles. The lowest BCUT2D eigenvalue weighted by molar-refractivity contribution is -0.123. The third-order valence-electron chi connectivity index (χ3n) is 6.65. The molecule has 0 radical (unpaired) electrons. The highest BCUT2D eigenvalue weighted by Crippen LogP contribution is 2.44. The largest absolute Gasteiger partial charge is 0.350 e. The van der Waals surface area contributed by atoms with E-state index >= 15 is 0 Å². The number of amides is 2. The zero-order valence-electron chi connectivity index (χ0n) is 16.7. The van der Waals surface area contributed by atoms with Crippen LogP contribution in [0.4, 0.5) is 0 Å². The van der Waals surface area contributed by atoms with E-state index in [1.54, 1.807) is 0 Å². The van der Waals surface area contributed by atoms with Crippen molar-refractivity contribution in [1.29, 1.82) is 0 Å². The molecule has 5 nitrogen and oxygen atoms in total. The molecule has 0 saturated carbocycles. The van der Waals surface area contributed by atoms with Gasteiger partial charge in [-0.1, -0.05) is 31.5 Å². The van der Waals surface area contributed by atoms with Gasteiger partial charge in [0.05, 0.1) is 5.92 Å². The van der Waals surface area contributed by atoms with E-state index in [-0.39, 0.29) is 23.3 Å². The highest BCUT2D eigenvalue weighted by Gasteiger charge is 2.57. The van der Waals surface area contributed by atoms with E-state index in [2.05, 4.69) is 24.1 Å². The number of carbonyl (C=O) groups is 2. The number of nitrogens with one attached hydrogen (secondary N) is 1. The lowest BCUT2D eigenvalue weighted by Crippen LogP contribution is -2.56. The minimum atomic E-state index is -0.114. The van der Waals surface area contributed by atoms with E-state index in [1.807, 2.05) is 36.1 Å². The first-order valence-electron chi connectivity index (χ1n) is 10.3. The average molecular weight is 370 g/mol. The van der Waals surface area contributed by atoms with Gasteiger partial charge in [-0.3, -0.25) is 9.59 Å². The van der Waals surface area contributed by atoms with E-state index < -0.39 is 0 Å². The predicted molar refractivity (Wildman–Crippen MR) is 105 cm³/mol. The Hall–Kier alpha value is -1.88. The molecule has 2 atom stereocenters. The summed E-state index contributed by atoms with van der Waals surface area (Å²) >= 11 is 0. The topological polar surface area (TPSA) is 52.7 Å². The number of carbonyl (C=O) groups excluding carboxylic acids is 2. The Morgan fingerprint density at radius 3 is 2.67 bits per heavy atom. The lowest BCUT2D eigenvalue weighted by atomic mass is 9.75. The van der Waals surface area contributed by atoms with Crippen LogP contribution in [0.15, 0.2) is 24.3 Å². The van der Waals surface area contributed by atoms with Crippen molar-refractivity contribution >= 4 is 11.8 Å². The van der Waals surface area contributed by atoms with Gasteiger partial charge in [-0.2, -0.15) is 0 Å². The van der Waals surface area contributed by atoms with Gasteiger partial charge < -0.3 is 15.1 Å². The van der Waals surface area contributed by atoms with E-state index in [9.17, 15) is 9.59 Å². The first kappa shape index (κ1) is 18.5. The molecule has 1 N–H and O–H groups in total. The number of fused-ring (bicyclic) bond motifs is 2. The molecule has 3 saturated heterocycles. The van der Waals surface area contributed by atoms with Gasteiger partial charge in [-0.25, -0.2) is 0 Å². The van der Waals surface area contributed by atoms with Crippen molar-refractivity contribution in [3.05, 3.63) is 35.4 Å². The van der Waals surface area contributed by atoms with Gasteiger partial charge in [-0.05, 0) is 37.8 Å². The van der Waals surface area contributed by atoms with E-state index in [0.717, 1.165) is 56.7 Å². The second-order valence-electron chi connectivity index (χ2n) is 9.13. The number of rotatable bonds is 3. The molecule has 4 rings (SSSR count). The van der Waals surface area contributed by atoms with Crippen molar-refractivity contribution in [3.8, 4) is 0 Å². The number of nitrogens with zero attached hydrogens (tertiary/aromatic N) is 2. The molecule has 3 aliphatic rings. The minimum absolute atomic E-state index is 0.113. The van der Waals surface area contributed by atoms with Crippen LogP contribution in [0, 0.1) is 24.7 Å². The first-order chi connectivity index (χ1) is 12.9. The fourth-order valence-corrected chi connectivity index (χ4v) is 5.37. The second-order valence-corrected chi connectivity index (χ2v) is 9.13. The van der Waals surface area contributed by atoms with Crippen molar-refractivity contribution in [2.24, 2.45) is 17.8 Å². The fraction of sp³-hybridized carbons (Fsp3) is 0.636. The number of piperidine rings is 1. The van der Waals surface area contributed by atoms with Crippen LogP contribution in [-0.2, 0) is 4.79 Å². The lowest BCUT2D eigenvalue weighted by Gasteiger charge is -2.43. The average Bonchev–Trinajstić information content (AvgIpc) is 3.14. The number of likely N-dealkylation sites (tertiary alicyclic amines) is 2. The van der Waals surface area contributed by atoms with Crippen molar-refractivity contribution in [1.82, 2.24) is 15.1 Å². The highest BCUT2D eigenvalue weighted by atomic mass is 16.2. The molecule has 1 spiro atoms. The van der Waals surface area contributed by atoms with Crippen LogP contribution in [0.5, 0.6) is 0 Å². The van der Waals surface area contributed by atoms with Crippen LogP contribution in [0.2, 0.25) is 0 Å². The number of hydrogen-bond acceptors (Lipinski definition) is 3. The summed E-state index contributed by atoms with van der Waals surface area (Å²) in [4.78, 5) is 29.9. The first-order valence-corrected chi connectivity index (χ1v) is 10.3. The van der Waals surface area contributed by atoms with Gasteiger partial charge in [0.15, 0.2) is 0 Å². The van der Waals surface area contributed by atoms with Crippen LogP contribution in [-0.4, -0.2) is 59.9 Å². The van der Waals surface area contributed by atoms with Crippen molar-refractivity contribution < 1.29 is 9.59 Å². The summed E-state index contributed by atoms with van der Waals surface area (Å²) in [5.74, 6) is 1.48. The van der Waals surface area contributed by atoms with E-state index in [1.165, 1.54) is 0 Å². The van der Waals surface area contributed by atoms with E-state index in [4.69, 9.17) is 0 Å². The maximum Gasteiger partial charge on any atom is 0.253 e. The molecule has 0 bridgehead atoms. The van der Waals surface area contributed by atoms with Gasteiger partial charge in [-0.15, -0.1) is 0 Å². The zero-order valence-corrected chi connectivity index (χ0v) is 16.7. The molecule has 146 valence electrons. The Morgan fingerprint density at radius 1 is 1.26 bits per heavy atom. The predicted octanol–water partition coefficient (Wildman–Crippen LogP) is 2.30. The number of aryl methyl sites for hydroxylation is 1. The molecule has 3 heterocycles. The monoisotopic (exact) mass is 369 g/mol. The molecule has 5 heteroatoms. The number of benzene rings is 1. The fourth-order valence-electron chi connectivity index (χ4n) is 5.37. The zero-order chi connectivity index (χ0) is 19.2. The maximum atomic E-state index is 12.9. The molecule has 0 unspecified atom stereocenters. The van der Waals surface area contributed by atoms with Crippen LogP contribution in [0.25, 0.3) is 0 Å². The normalized spacial score (nSPS) is 27.3. The van der Waals surface area contributed by atoms with Crippen LogP contribution >= 0.6 is 0 Å².